The summed E-state index contributed by atoms with van der Waals surface area (Å²) in [5, 5.41) is 16.2. The zero-order valence-electron chi connectivity index (χ0n) is 15.9. The fourth-order valence-electron chi connectivity index (χ4n) is 2.08. The van der Waals surface area contributed by atoms with Gasteiger partial charge in [0.2, 0.25) is 17.7 Å². The number of carbonyl (C=O) groups is 4. The van der Waals surface area contributed by atoms with Gasteiger partial charge in [-0.25, -0.2) is 4.79 Å². The van der Waals surface area contributed by atoms with Crippen molar-refractivity contribution in [2.75, 3.05) is 24.3 Å². The number of hydrogen-bond donors (Lipinski definition) is 6. The fourth-order valence-corrected chi connectivity index (χ4v) is 2.82. The minimum Gasteiger partial charge on any atom is -0.480 e. The van der Waals surface area contributed by atoms with Crippen LogP contribution < -0.4 is 21.7 Å². The molecule has 0 radical (unpaired) electrons. The molecule has 0 heterocycles. The number of carbonyl (C=O) groups excluding carboxylic acids is 3. The number of thioether (sulfide) groups is 1. The Balaban J connectivity index is 4.71. The molecule has 3 atom stereocenters. The summed E-state index contributed by atoms with van der Waals surface area (Å²) in [6.45, 7) is 3.40. The quantitative estimate of drug-likeness (QED) is 0.213. The zero-order valence-corrected chi connectivity index (χ0v) is 17.6. The van der Waals surface area contributed by atoms with E-state index in [0.29, 0.717) is 12.8 Å². The molecule has 0 aromatic carbocycles. The molecule has 0 aliphatic carbocycles. The Hall–Kier alpha value is -1.46. The molecule has 3 amide bonds. The van der Waals surface area contributed by atoms with Crippen molar-refractivity contribution in [3.63, 3.8) is 0 Å². The van der Waals surface area contributed by atoms with Gasteiger partial charge in [-0.15, -0.1) is 0 Å². The van der Waals surface area contributed by atoms with Crippen LogP contribution in [0.25, 0.3) is 0 Å². The van der Waals surface area contributed by atoms with Crippen molar-refractivity contribution in [1.29, 1.82) is 0 Å². The molecule has 0 saturated heterocycles. The van der Waals surface area contributed by atoms with Crippen LogP contribution in [0.3, 0.4) is 0 Å². The third-order valence-electron chi connectivity index (χ3n) is 3.55. The summed E-state index contributed by atoms with van der Waals surface area (Å²) in [5.41, 5.74) is 5.82. The first kappa shape index (κ1) is 25.5. The van der Waals surface area contributed by atoms with Gasteiger partial charge in [0, 0.05) is 5.75 Å². The van der Waals surface area contributed by atoms with E-state index in [9.17, 15) is 19.2 Å². The molecule has 0 aliphatic heterocycles. The second kappa shape index (κ2) is 13.7. The van der Waals surface area contributed by atoms with Crippen LogP contribution in [0.1, 0.15) is 26.7 Å². The molecule has 0 bridgehead atoms. The van der Waals surface area contributed by atoms with E-state index in [-0.39, 0.29) is 11.7 Å². The molecule has 156 valence electrons. The molecular formula is C16H30N4O5S2. The molecule has 0 aliphatic rings. The van der Waals surface area contributed by atoms with Gasteiger partial charge < -0.3 is 26.8 Å². The topological polar surface area (TPSA) is 151 Å². The summed E-state index contributed by atoms with van der Waals surface area (Å²) in [5.74, 6) is -2.04. The Morgan fingerprint density at radius 1 is 1.11 bits per heavy atom. The summed E-state index contributed by atoms with van der Waals surface area (Å²) >= 11 is 5.42. The number of carboxylic acids is 1. The van der Waals surface area contributed by atoms with Gasteiger partial charge in [0.1, 0.15) is 12.1 Å². The molecule has 0 rings (SSSR count). The lowest BCUT2D eigenvalue weighted by Crippen LogP contribution is -2.54. The number of nitrogens with one attached hydrogen (secondary N) is 3. The normalized spacial score (nSPS) is 14.1. The first-order valence-electron chi connectivity index (χ1n) is 8.57. The highest BCUT2D eigenvalue weighted by Crippen LogP contribution is 2.06. The average molecular weight is 423 g/mol. The molecule has 27 heavy (non-hydrogen) atoms. The number of thiol groups is 1. The monoisotopic (exact) mass is 422 g/mol. The predicted octanol–water partition coefficient (Wildman–Crippen LogP) is -0.787. The summed E-state index contributed by atoms with van der Waals surface area (Å²) in [6, 6.07) is -2.68. The van der Waals surface area contributed by atoms with Gasteiger partial charge in [-0.3, -0.25) is 14.4 Å². The average Bonchev–Trinajstić information content (AvgIpc) is 2.60. The molecule has 0 fully saturated rings. The second-order valence-corrected chi connectivity index (χ2v) is 7.79. The molecule has 0 saturated carbocycles. The molecular weight excluding hydrogens is 392 g/mol. The Morgan fingerprint density at radius 3 is 2.22 bits per heavy atom. The predicted molar refractivity (Wildman–Crippen MR) is 109 cm³/mol. The minimum absolute atomic E-state index is 0.0744. The van der Waals surface area contributed by atoms with Crippen LogP contribution >= 0.6 is 24.4 Å². The summed E-state index contributed by atoms with van der Waals surface area (Å²) in [6.07, 6.45) is 2.78. The molecule has 11 heteroatoms. The first-order valence-corrected chi connectivity index (χ1v) is 10.6. The van der Waals surface area contributed by atoms with E-state index in [0.717, 1.165) is 5.75 Å². The van der Waals surface area contributed by atoms with Crippen molar-refractivity contribution in [3.8, 4) is 0 Å². The highest BCUT2D eigenvalue weighted by molar-refractivity contribution is 7.98. The minimum atomic E-state index is -1.21. The summed E-state index contributed by atoms with van der Waals surface area (Å²) in [4.78, 5) is 47.2. The van der Waals surface area contributed by atoms with Crippen LogP contribution in [-0.2, 0) is 19.2 Å². The molecule has 9 nitrogen and oxygen atoms in total. The molecule has 0 spiro atoms. The van der Waals surface area contributed by atoms with Crippen LogP contribution in [0.4, 0.5) is 0 Å². The third-order valence-corrected chi connectivity index (χ3v) is 4.56. The highest BCUT2D eigenvalue weighted by atomic mass is 32.2. The van der Waals surface area contributed by atoms with Crippen LogP contribution in [0.5, 0.6) is 0 Å². The molecule has 3 unspecified atom stereocenters. The van der Waals surface area contributed by atoms with Crippen LogP contribution in [0, 0.1) is 5.92 Å². The number of amides is 3. The Morgan fingerprint density at radius 2 is 1.74 bits per heavy atom. The lowest BCUT2D eigenvalue weighted by Gasteiger charge is -2.22. The number of rotatable bonds is 13. The van der Waals surface area contributed by atoms with Gasteiger partial charge in [-0.2, -0.15) is 24.4 Å². The largest absolute Gasteiger partial charge is 0.480 e. The standard InChI is InChI=1S/C16H30N4O5S2/c1-9(2)6-11(20-14(22)10(17)4-5-27-3)15(23)18-7-13(21)19-12(8-26)16(24)25/h9-12,26H,4-8,17H2,1-3H3,(H,18,23)(H,19,21)(H,20,22)(H,24,25). The van der Waals surface area contributed by atoms with Crippen LogP contribution in [0.15, 0.2) is 0 Å². The maximum Gasteiger partial charge on any atom is 0.327 e. The van der Waals surface area contributed by atoms with Crippen molar-refractivity contribution in [3.05, 3.63) is 0 Å². The lowest BCUT2D eigenvalue weighted by molar-refractivity contribution is -0.141. The molecule has 0 aromatic heterocycles. The number of nitrogens with two attached hydrogens (primary N) is 1. The zero-order chi connectivity index (χ0) is 21.0. The number of carboxylic acid groups (broad SMARTS) is 1. The van der Waals surface area contributed by atoms with Gasteiger partial charge in [-0.05, 0) is 30.8 Å². The van der Waals surface area contributed by atoms with E-state index in [1.165, 1.54) is 0 Å². The van der Waals surface area contributed by atoms with Gasteiger partial charge in [-0.1, -0.05) is 13.8 Å². The lowest BCUT2D eigenvalue weighted by atomic mass is 10.0. The van der Waals surface area contributed by atoms with E-state index in [1.807, 2.05) is 20.1 Å². The van der Waals surface area contributed by atoms with Crippen molar-refractivity contribution >= 4 is 48.1 Å². The van der Waals surface area contributed by atoms with Crippen LogP contribution in [-0.4, -0.2) is 71.2 Å². The van der Waals surface area contributed by atoms with E-state index >= 15 is 0 Å². The van der Waals surface area contributed by atoms with Crippen molar-refractivity contribution < 1.29 is 24.3 Å². The van der Waals surface area contributed by atoms with Gasteiger partial charge in [0.25, 0.3) is 0 Å². The third kappa shape index (κ3) is 11.1. The maximum atomic E-state index is 12.4. The first-order chi connectivity index (χ1) is 12.6. The van der Waals surface area contributed by atoms with Gasteiger partial charge in [0.15, 0.2) is 0 Å². The summed E-state index contributed by atoms with van der Waals surface area (Å²) in [7, 11) is 0. The van der Waals surface area contributed by atoms with Crippen LogP contribution in [0.2, 0.25) is 0 Å². The van der Waals surface area contributed by atoms with E-state index < -0.39 is 48.4 Å². The maximum absolute atomic E-state index is 12.4. The molecule has 6 N–H and O–H groups in total. The van der Waals surface area contributed by atoms with E-state index in [4.69, 9.17) is 10.8 Å². The highest BCUT2D eigenvalue weighted by Gasteiger charge is 2.25. The smallest absolute Gasteiger partial charge is 0.327 e. The van der Waals surface area contributed by atoms with Gasteiger partial charge >= 0.3 is 5.97 Å². The van der Waals surface area contributed by atoms with Crippen molar-refractivity contribution in [2.45, 2.75) is 44.8 Å². The van der Waals surface area contributed by atoms with Crippen molar-refractivity contribution in [1.82, 2.24) is 16.0 Å². The Kier molecular flexibility index (Phi) is 12.9. The van der Waals surface area contributed by atoms with E-state index in [1.54, 1.807) is 11.8 Å². The molecule has 0 aromatic rings. The van der Waals surface area contributed by atoms with Gasteiger partial charge in [0.05, 0.1) is 12.6 Å². The fraction of sp³-hybridized carbons (Fsp3) is 0.750. The van der Waals surface area contributed by atoms with Crippen molar-refractivity contribution in [2.24, 2.45) is 11.7 Å². The SMILES string of the molecule is CSCCC(N)C(=O)NC(CC(C)C)C(=O)NCC(=O)NC(CS)C(=O)O. The Bertz CT molecular complexity index is 519. The number of hydrogen-bond acceptors (Lipinski definition) is 7. The number of aliphatic carboxylic acids is 1. The summed E-state index contributed by atoms with van der Waals surface area (Å²) < 4.78 is 0. The van der Waals surface area contributed by atoms with E-state index in [2.05, 4.69) is 28.6 Å². The Labute approximate surface area is 169 Å². The second-order valence-electron chi connectivity index (χ2n) is 6.44.